The average Bonchev–Trinajstić information content (AvgIpc) is 3.47. The Kier molecular flexibility index (Phi) is 11.5. The highest BCUT2D eigenvalue weighted by atomic mass is 127. The van der Waals surface area contributed by atoms with E-state index in [4.69, 9.17) is 18.9 Å². The molecule has 0 radical (unpaired) electrons. The van der Waals surface area contributed by atoms with Crippen molar-refractivity contribution >= 4 is 29.9 Å². The van der Waals surface area contributed by atoms with Gasteiger partial charge in [-0.15, -0.1) is 24.0 Å². The highest BCUT2D eigenvalue weighted by Crippen LogP contribution is 2.27. The number of rotatable bonds is 10. The minimum Gasteiger partial charge on any atom is -0.465 e. The first-order chi connectivity index (χ1) is 14.2. The number of nitrogens with zero attached hydrogens (tertiary/aromatic N) is 3. The number of hydrogen-bond acceptors (Lipinski definition) is 5. The molecule has 8 heteroatoms. The third kappa shape index (κ3) is 7.39. The Morgan fingerprint density at radius 2 is 2.07 bits per heavy atom. The van der Waals surface area contributed by atoms with E-state index in [9.17, 15) is 0 Å². The normalized spacial score (nSPS) is 21.1. The molecule has 0 spiro atoms. The van der Waals surface area contributed by atoms with E-state index in [0.29, 0.717) is 19.1 Å². The van der Waals surface area contributed by atoms with E-state index in [1.165, 1.54) is 12.8 Å². The smallest absolute Gasteiger partial charge is 0.193 e. The van der Waals surface area contributed by atoms with Crippen molar-refractivity contribution in [2.75, 3.05) is 66.2 Å². The fourth-order valence-electron chi connectivity index (χ4n) is 4.22. The molecule has 3 rings (SSSR count). The Bertz CT molecular complexity index is 634. The molecule has 2 atom stereocenters. The summed E-state index contributed by atoms with van der Waals surface area (Å²) in [6, 6.07) is 4.39. The van der Waals surface area contributed by atoms with Crippen molar-refractivity contribution in [3.05, 3.63) is 23.7 Å². The Labute approximate surface area is 198 Å². The molecule has 2 fully saturated rings. The zero-order valence-corrected chi connectivity index (χ0v) is 21.1. The summed E-state index contributed by atoms with van der Waals surface area (Å²) in [6.45, 7) is 12.1. The Hall–Kier alpha value is -0.840. The van der Waals surface area contributed by atoms with Gasteiger partial charge >= 0.3 is 0 Å². The minimum absolute atomic E-state index is 0. The van der Waals surface area contributed by atoms with Crippen molar-refractivity contribution < 1.29 is 13.9 Å². The number of methoxy groups -OCH3 is 1. The Balaban J connectivity index is 0.00000320. The van der Waals surface area contributed by atoms with Crippen LogP contribution in [0, 0.1) is 12.8 Å². The van der Waals surface area contributed by atoms with E-state index in [-0.39, 0.29) is 30.0 Å². The zero-order valence-electron chi connectivity index (χ0n) is 18.8. The van der Waals surface area contributed by atoms with Crippen LogP contribution >= 0.6 is 24.0 Å². The number of aliphatic imine (C=N–C) groups is 1. The van der Waals surface area contributed by atoms with Gasteiger partial charge in [0.15, 0.2) is 5.96 Å². The predicted molar refractivity (Wildman–Crippen MR) is 131 cm³/mol. The molecule has 1 aromatic rings. The van der Waals surface area contributed by atoms with Gasteiger partial charge in [0.25, 0.3) is 0 Å². The lowest BCUT2D eigenvalue weighted by molar-refractivity contribution is 0.0536. The fourth-order valence-corrected chi connectivity index (χ4v) is 4.22. The van der Waals surface area contributed by atoms with E-state index in [2.05, 4.69) is 34.2 Å². The summed E-state index contributed by atoms with van der Waals surface area (Å²) in [7, 11) is 1.71. The van der Waals surface area contributed by atoms with Crippen molar-refractivity contribution in [2.45, 2.75) is 39.2 Å². The molecule has 30 heavy (non-hydrogen) atoms. The highest BCUT2D eigenvalue weighted by Gasteiger charge is 2.28. The van der Waals surface area contributed by atoms with Gasteiger partial charge in [-0.2, -0.15) is 0 Å². The fraction of sp³-hybridized carbons (Fsp3) is 0.773. The second-order valence-corrected chi connectivity index (χ2v) is 8.07. The maximum Gasteiger partial charge on any atom is 0.193 e. The van der Waals surface area contributed by atoms with Crippen LogP contribution in [0.1, 0.15) is 43.7 Å². The van der Waals surface area contributed by atoms with Crippen LogP contribution in [-0.4, -0.2) is 82.0 Å². The Morgan fingerprint density at radius 3 is 2.73 bits per heavy atom. The van der Waals surface area contributed by atoms with E-state index in [0.717, 1.165) is 69.8 Å². The molecular weight excluding hydrogens is 495 g/mol. The Morgan fingerprint density at radius 1 is 1.27 bits per heavy atom. The number of hydrogen-bond donors (Lipinski definition) is 1. The van der Waals surface area contributed by atoms with Crippen LogP contribution in [-0.2, 0) is 9.47 Å². The van der Waals surface area contributed by atoms with Gasteiger partial charge < -0.3 is 24.1 Å². The monoisotopic (exact) mass is 534 g/mol. The van der Waals surface area contributed by atoms with E-state index < -0.39 is 0 Å². The van der Waals surface area contributed by atoms with Crippen LogP contribution in [0.5, 0.6) is 0 Å². The molecule has 1 aromatic heterocycles. The molecule has 1 N–H and O–H groups in total. The summed E-state index contributed by atoms with van der Waals surface area (Å²) in [5.41, 5.74) is 0. The maximum atomic E-state index is 5.99. The second-order valence-electron chi connectivity index (χ2n) is 8.07. The van der Waals surface area contributed by atoms with Crippen molar-refractivity contribution in [1.82, 2.24) is 15.1 Å². The maximum absolute atomic E-state index is 5.99. The molecule has 3 heterocycles. The second kappa shape index (κ2) is 13.5. The molecule has 0 bridgehead atoms. The number of furan rings is 1. The first-order valence-corrected chi connectivity index (χ1v) is 11.1. The summed E-state index contributed by atoms with van der Waals surface area (Å²) < 4.78 is 16.8. The van der Waals surface area contributed by atoms with Gasteiger partial charge in [-0.05, 0) is 58.3 Å². The van der Waals surface area contributed by atoms with E-state index in [1.807, 2.05) is 6.92 Å². The van der Waals surface area contributed by atoms with Crippen molar-refractivity contribution in [1.29, 1.82) is 0 Å². The average molecular weight is 534 g/mol. The van der Waals surface area contributed by atoms with Gasteiger partial charge in [0.2, 0.25) is 0 Å². The van der Waals surface area contributed by atoms with E-state index in [1.54, 1.807) is 7.11 Å². The van der Waals surface area contributed by atoms with Gasteiger partial charge in [-0.3, -0.25) is 9.89 Å². The topological polar surface area (TPSA) is 62.5 Å². The van der Waals surface area contributed by atoms with E-state index >= 15 is 0 Å². The van der Waals surface area contributed by atoms with Crippen LogP contribution in [0.4, 0.5) is 0 Å². The number of aryl methyl sites for hydroxylation is 1. The lowest BCUT2D eigenvalue weighted by Crippen LogP contribution is -2.41. The number of ether oxygens (including phenoxy) is 2. The number of likely N-dealkylation sites (tertiary alicyclic amines) is 2. The minimum atomic E-state index is 0. The number of halogens is 1. The number of nitrogens with one attached hydrogen (secondary N) is 1. The van der Waals surface area contributed by atoms with Crippen LogP contribution < -0.4 is 5.32 Å². The summed E-state index contributed by atoms with van der Waals surface area (Å²) in [4.78, 5) is 9.93. The van der Waals surface area contributed by atoms with Gasteiger partial charge in [0.1, 0.15) is 11.5 Å². The standard InChI is InChI=1S/C22H38N4O3.HI/c1-4-23-22(26-12-9-19(16-26)17-28-14-13-27-3)24-15-20(25-10-5-6-11-25)21-8-7-18(2)29-21;/h7-8,19-20H,4-6,9-17H2,1-3H3,(H,23,24);1H. The third-order valence-electron chi connectivity index (χ3n) is 5.79. The molecular formula is C22H39IN4O3. The lowest BCUT2D eigenvalue weighted by Gasteiger charge is -2.26. The summed E-state index contributed by atoms with van der Waals surface area (Å²) in [5.74, 6) is 3.57. The van der Waals surface area contributed by atoms with Gasteiger partial charge in [0, 0.05) is 32.7 Å². The summed E-state index contributed by atoms with van der Waals surface area (Å²) in [5, 5.41) is 3.49. The van der Waals surface area contributed by atoms with Crippen LogP contribution in [0.25, 0.3) is 0 Å². The quantitative estimate of drug-likeness (QED) is 0.215. The molecule has 2 aliphatic rings. The molecule has 172 valence electrons. The first-order valence-electron chi connectivity index (χ1n) is 11.1. The van der Waals surface area contributed by atoms with Gasteiger partial charge in [-0.1, -0.05) is 0 Å². The van der Waals surface area contributed by atoms with Crippen molar-refractivity contribution in [3.63, 3.8) is 0 Å². The molecule has 2 aliphatic heterocycles. The lowest BCUT2D eigenvalue weighted by atomic mass is 10.1. The summed E-state index contributed by atoms with van der Waals surface area (Å²) >= 11 is 0. The van der Waals surface area contributed by atoms with Gasteiger partial charge in [0.05, 0.1) is 32.4 Å². The SMILES string of the molecule is CCNC(=NCC(c1ccc(C)o1)N1CCCC1)N1CCC(COCCOC)C1.I. The molecule has 2 saturated heterocycles. The van der Waals surface area contributed by atoms with Crippen LogP contribution in [0.2, 0.25) is 0 Å². The molecule has 2 unspecified atom stereocenters. The molecule has 0 amide bonds. The largest absolute Gasteiger partial charge is 0.465 e. The van der Waals surface area contributed by atoms with Crippen molar-refractivity contribution in [3.8, 4) is 0 Å². The molecule has 0 aromatic carbocycles. The highest BCUT2D eigenvalue weighted by molar-refractivity contribution is 14.0. The number of guanidine groups is 1. The van der Waals surface area contributed by atoms with Crippen molar-refractivity contribution in [2.24, 2.45) is 10.9 Å². The summed E-state index contributed by atoms with van der Waals surface area (Å²) in [6.07, 6.45) is 3.66. The predicted octanol–water partition coefficient (Wildman–Crippen LogP) is 3.29. The molecule has 7 nitrogen and oxygen atoms in total. The van der Waals surface area contributed by atoms with Crippen LogP contribution in [0.15, 0.2) is 21.5 Å². The van der Waals surface area contributed by atoms with Gasteiger partial charge in [-0.25, -0.2) is 0 Å². The molecule has 0 aliphatic carbocycles. The van der Waals surface area contributed by atoms with Crippen LogP contribution in [0.3, 0.4) is 0 Å². The third-order valence-corrected chi connectivity index (χ3v) is 5.79. The molecule has 0 saturated carbocycles. The zero-order chi connectivity index (χ0) is 20.5. The first kappa shape index (κ1) is 25.4.